The maximum Gasteiger partial charge on any atom is 0.306 e. The molecule has 16 heavy (non-hydrogen) atoms. The molecule has 1 aliphatic rings. The highest BCUT2D eigenvalue weighted by Gasteiger charge is 2.40. The largest absolute Gasteiger partial charge is 0.481 e. The summed E-state index contributed by atoms with van der Waals surface area (Å²) in [7, 11) is 0. The molecule has 1 aliphatic carbocycles. The number of carbonyl (C=O) groups is 1. The number of rotatable bonds is 2. The van der Waals surface area contributed by atoms with E-state index in [1.165, 1.54) is 12.8 Å². The van der Waals surface area contributed by atoms with Gasteiger partial charge in [0.1, 0.15) is 0 Å². The molecule has 1 fully saturated rings. The summed E-state index contributed by atoms with van der Waals surface area (Å²) in [4.78, 5) is 11.2. The molecule has 4 atom stereocenters. The molecular formula is C14H26O2. The lowest BCUT2D eigenvalue weighted by Gasteiger charge is -2.44. The average Bonchev–Trinajstić information content (AvgIpc) is 2.15. The van der Waals surface area contributed by atoms with Gasteiger partial charge in [0.2, 0.25) is 0 Å². The van der Waals surface area contributed by atoms with Crippen LogP contribution in [0.25, 0.3) is 0 Å². The van der Waals surface area contributed by atoms with E-state index in [0.29, 0.717) is 11.8 Å². The van der Waals surface area contributed by atoms with Gasteiger partial charge in [-0.1, -0.05) is 41.0 Å². The van der Waals surface area contributed by atoms with Crippen molar-refractivity contribution in [3.05, 3.63) is 0 Å². The Morgan fingerprint density at radius 1 is 1.31 bits per heavy atom. The van der Waals surface area contributed by atoms with E-state index in [9.17, 15) is 9.90 Å². The van der Waals surface area contributed by atoms with Crippen molar-refractivity contribution >= 4 is 5.97 Å². The Balaban J connectivity index is 2.84. The smallest absolute Gasteiger partial charge is 0.306 e. The number of hydrogen-bond acceptors (Lipinski definition) is 1. The zero-order chi connectivity index (χ0) is 12.5. The van der Waals surface area contributed by atoms with Crippen molar-refractivity contribution in [2.75, 3.05) is 0 Å². The number of hydrogen-bond donors (Lipinski definition) is 1. The van der Waals surface area contributed by atoms with Crippen LogP contribution in [0.2, 0.25) is 0 Å². The quantitative estimate of drug-likeness (QED) is 0.777. The molecule has 0 saturated heterocycles. The minimum atomic E-state index is -0.631. The third kappa shape index (κ3) is 2.99. The van der Waals surface area contributed by atoms with Crippen molar-refractivity contribution < 1.29 is 9.90 Å². The molecule has 94 valence electrons. The van der Waals surface area contributed by atoms with Gasteiger partial charge in [-0.25, -0.2) is 0 Å². The molecule has 0 radical (unpaired) electrons. The number of carboxylic acids is 1. The Hall–Kier alpha value is -0.530. The van der Waals surface area contributed by atoms with Crippen molar-refractivity contribution in [3.63, 3.8) is 0 Å². The fourth-order valence-electron chi connectivity index (χ4n) is 3.18. The summed E-state index contributed by atoms with van der Waals surface area (Å²) in [6.45, 7) is 10.9. The summed E-state index contributed by atoms with van der Waals surface area (Å²) in [5.41, 5.74) is 0.225. The summed E-state index contributed by atoms with van der Waals surface area (Å²) in [5, 5.41) is 9.18. The Bertz CT molecular complexity index is 252. The van der Waals surface area contributed by atoms with Crippen molar-refractivity contribution in [1.82, 2.24) is 0 Å². The van der Waals surface area contributed by atoms with E-state index in [-0.39, 0.29) is 11.3 Å². The topological polar surface area (TPSA) is 37.3 Å². The molecule has 0 aliphatic heterocycles. The van der Waals surface area contributed by atoms with Gasteiger partial charge in [0, 0.05) is 0 Å². The molecule has 4 unspecified atom stereocenters. The van der Waals surface area contributed by atoms with Crippen LogP contribution in [0, 0.1) is 29.1 Å². The fraction of sp³-hybridized carbons (Fsp3) is 0.929. The lowest BCUT2D eigenvalue weighted by Crippen LogP contribution is -2.39. The van der Waals surface area contributed by atoms with Gasteiger partial charge in [-0.2, -0.15) is 0 Å². The average molecular weight is 226 g/mol. The van der Waals surface area contributed by atoms with Crippen LogP contribution in [0.15, 0.2) is 0 Å². The molecule has 0 aromatic rings. The van der Waals surface area contributed by atoms with Gasteiger partial charge in [-0.05, 0) is 36.0 Å². The molecular weight excluding hydrogens is 200 g/mol. The minimum absolute atomic E-state index is 0.197. The third-order valence-electron chi connectivity index (χ3n) is 4.31. The van der Waals surface area contributed by atoms with E-state index in [1.807, 2.05) is 6.92 Å². The van der Waals surface area contributed by atoms with E-state index in [1.54, 1.807) is 0 Å². The minimum Gasteiger partial charge on any atom is -0.481 e. The zero-order valence-electron chi connectivity index (χ0n) is 11.3. The maximum absolute atomic E-state index is 11.2. The first-order chi connectivity index (χ1) is 7.23. The van der Waals surface area contributed by atoms with E-state index in [4.69, 9.17) is 0 Å². The SMILES string of the molecule is CC1CCC(C(C)C(=O)O)C(C(C)(C)C)C1. The number of aliphatic carboxylic acids is 1. The maximum atomic E-state index is 11.2. The summed E-state index contributed by atoms with van der Waals surface area (Å²) < 4.78 is 0. The van der Waals surface area contributed by atoms with Crippen LogP contribution in [0.5, 0.6) is 0 Å². The normalized spacial score (nSPS) is 33.4. The molecule has 1 N–H and O–H groups in total. The molecule has 2 nitrogen and oxygen atoms in total. The number of carboxylic acid groups (broad SMARTS) is 1. The zero-order valence-corrected chi connectivity index (χ0v) is 11.3. The van der Waals surface area contributed by atoms with Gasteiger partial charge in [-0.3, -0.25) is 4.79 Å². The predicted octanol–water partition coefficient (Wildman–Crippen LogP) is 3.81. The summed E-state index contributed by atoms with van der Waals surface area (Å²) in [5.74, 6) is 0.822. The van der Waals surface area contributed by atoms with Gasteiger partial charge in [-0.15, -0.1) is 0 Å². The van der Waals surface area contributed by atoms with Crippen LogP contribution in [-0.4, -0.2) is 11.1 Å². The summed E-state index contributed by atoms with van der Waals surface area (Å²) >= 11 is 0. The van der Waals surface area contributed by atoms with Crippen molar-refractivity contribution in [2.24, 2.45) is 29.1 Å². The van der Waals surface area contributed by atoms with Crippen LogP contribution in [0.4, 0.5) is 0 Å². The molecule has 0 aromatic carbocycles. The highest BCUT2D eigenvalue weighted by molar-refractivity contribution is 5.69. The molecule has 2 heteroatoms. The van der Waals surface area contributed by atoms with Gasteiger partial charge in [0.05, 0.1) is 5.92 Å². The van der Waals surface area contributed by atoms with E-state index in [2.05, 4.69) is 27.7 Å². The lowest BCUT2D eigenvalue weighted by molar-refractivity contribution is -0.145. The van der Waals surface area contributed by atoms with Crippen molar-refractivity contribution in [2.45, 2.75) is 53.9 Å². The summed E-state index contributed by atoms with van der Waals surface area (Å²) in [6, 6.07) is 0. The molecule has 0 spiro atoms. The first kappa shape index (κ1) is 13.5. The molecule has 0 bridgehead atoms. The fourth-order valence-corrected chi connectivity index (χ4v) is 3.18. The van der Waals surface area contributed by atoms with E-state index in [0.717, 1.165) is 12.3 Å². The standard InChI is InChI=1S/C14H26O2/c1-9-6-7-11(10(2)13(15)16)12(8-9)14(3,4)5/h9-12H,6-8H2,1-5H3,(H,15,16). The first-order valence-corrected chi connectivity index (χ1v) is 6.46. The molecule has 0 heterocycles. The van der Waals surface area contributed by atoms with Crippen LogP contribution >= 0.6 is 0 Å². The third-order valence-corrected chi connectivity index (χ3v) is 4.31. The van der Waals surface area contributed by atoms with Gasteiger partial charge < -0.3 is 5.11 Å². The second-order valence-electron chi connectivity index (χ2n) is 6.68. The van der Waals surface area contributed by atoms with Gasteiger partial charge >= 0.3 is 5.97 Å². The van der Waals surface area contributed by atoms with Crippen molar-refractivity contribution in [3.8, 4) is 0 Å². The highest BCUT2D eigenvalue weighted by atomic mass is 16.4. The Morgan fingerprint density at radius 3 is 2.31 bits per heavy atom. The van der Waals surface area contributed by atoms with Crippen LogP contribution in [-0.2, 0) is 4.79 Å². The van der Waals surface area contributed by atoms with Crippen LogP contribution in [0.1, 0.15) is 53.9 Å². The lowest BCUT2D eigenvalue weighted by atomic mass is 9.61. The predicted molar refractivity (Wildman–Crippen MR) is 66.2 cm³/mol. The second kappa shape index (κ2) is 4.77. The molecule has 0 aromatic heterocycles. The monoisotopic (exact) mass is 226 g/mol. The van der Waals surface area contributed by atoms with Gasteiger partial charge in [0.15, 0.2) is 0 Å². The first-order valence-electron chi connectivity index (χ1n) is 6.46. The molecule has 0 amide bonds. The Labute approximate surface area is 99.4 Å². The second-order valence-corrected chi connectivity index (χ2v) is 6.68. The summed E-state index contributed by atoms with van der Waals surface area (Å²) in [6.07, 6.45) is 3.46. The van der Waals surface area contributed by atoms with Crippen LogP contribution in [0.3, 0.4) is 0 Å². The van der Waals surface area contributed by atoms with E-state index >= 15 is 0 Å². The van der Waals surface area contributed by atoms with E-state index < -0.39 is 5.97 Å². The Morgan fingerprint density at radius 2 is 1.88 bits per heavy atom. The molecule has 1 saturated carbocycles. The van der Waals surface area contributed by atoms with Gasteiger partial charge in [0.25, 0.3) is 0 Å². The highest BCUT2D eigenvalue weighted by Crippen LogP contribution is 2.46. The van der Waals surface area contributed by atoms with Crippen LogP contribution < -0.4 is 0 Å². The van der Waals surface area contributed by atoms with Crippen molar-refractivity contribution in [1.29, 1.82) is 0 Å². The molecule has 1 rings (SSSR count). The Kier molecular flexibility index (Phi) is 4.03.